The van der Waals surface area contributed by atoms with E-state index in [2.05, 4.69) is 15.3 Å². The average molecular weight is 479 g/mol. The van der Waals surface area contributed by atoms with E-state index in [9.17, 15) is 13.2 Å². The fourth-order valence-corrected chi connectivity index (χ4v) is 6.44. The van der Waals surface area contributed by atoms with E-state index < -0.39 is 11.7 Å². The minimum Gasteiger partial charge on any atom is -0.381 e. The first-order chi connectivity index (χ1) is 16.1. The third-order valence-corrected chi connectivity index (χ3v) is 8.14. The molecule has 1 aliphatic carbocycles. The van der Waals surface area contributed by atoms with Gasteiger partial charge in [-0.1, -0.05) is 0 Å². The summed E-state index contributed by atoms with van der Waals surface area (Å²) in [4.78, 5) is 1.90. The number of nitrogens with two attached hydrogens (primary N) is 1. The van der Waals surface area contributed by atoms with Crippen LogP contribution in [-0.2, 0) is 18.0 Å². The van der Waals surface area contributed by atoms with Crippen molar-refractivity contribution in [2.45, 2.75) is 64.2 Å². The number of halogens is 3. The average Bonchev–Trinajstić information content (AvgIpc) is 3.38. The summed E-state index contributed by atoms with van der Waals surface area (Å²) in [6.45, 7) is 5.59. The molecule has 0 bridgehead atoms. The van der Waals surface area contributed by atoms with E-state index in [1.807, 2.05) is 11.8 Å². The number of alkyl halides is 3. The van der Waals surface area contributed by atoms with Crippen LogP contribution >= 0.6 is 0 Å². The Bertz CT molecular complexity index is 1050. The monoisotopic (exact) mass is 478 g/mol. The Morgan fingerprint density at radius 2 is 1.88 bits per heavy atom. The van der Waals surface area contributed by atoms with Gasteiger partial charge in [-0.15, -0.1) is 10.2 Å². The van der Waals surface area contributed by atoms with E-state index in [1.165, 1.54) is 0 Å². The molecule has 4 heterocycles. The largest absolute Gasteiger partial charge is 0.420 e. The molecule has 2 aromatic rings. The zero-order valence-corrected chi connectivity index (χ0v) is 20.0. The Kier molecular flexibility index (Phi) is 6.08. The van der Waals surface area contributed by atoms with Gasteiger partial charge in [0.05, 0.1) is 11.4 Å². The molecule has 0 spiro atoms. The molecule has 0 radical (unpaired) electrons. The highest BCUT2D eigenvalue weighted by atomic mass is 19.4. The van der Waals surface area contributed by atoms with Crippen LogP contribution in [-0.4, -0.2) is 51.8 Å². The van der Waals surface area contributed by atoms with Gasteiger partial charge >= 0.3 is 6.18 Å². The van der Waals surface area contributed by atoms with E-state index in [-0.39, 0.29) is 23.6 Å². The van der Waals surface area contributed by atoms with Gasteiger partial charge in [-0.3, -0.25) is 4.68 Å². The zero-order valence-electron chi connectivity index (χ0n) is 20.0. The maximum absolute atomic E-state index is 14.4. The Hall–Kier alpha value is -2.20. The van der Waals surface area contributed by atoms with Gasteiger partial charge in [0.15, 0.2) is 5.82 Å². The fraction of sp³-hybridized carbons (Fsp3) is 0.708. The van der Waals surface area contributed by atoms with Gasteiger partial charge in [0.1, 0.15) is 5.56 Å². The van der Waals surface area contributed by atoms with Crippen LogP contribution in [0.2, 0.25) is 0 Å². The molecule has 3 fully saturated rings. The molecule has 2 saturated heterocycles. The van der Waals surface area contributed by atoms with Crippen LogP contribution < -0.4 is 10.6 Å². The van der Waals surface area contributed by atoms with Crippen LogP contribution in [0.1, 0.15) is 49.1 Å². The number of hydrogen-bond acceptors (Lipinski definition) is 6. The third kappa shape index (κ3) is 4.19. The first-order valence-corrected chi connectivity index (χ1v) is 12.2. The Labute approximate surface area is 197 Å². The molecule has 186 valence electrons. The number of hydrogen-bond donors (Lipinski definition) is 1. The van der Waals surface area contributed by atoms with Gasteiger partial charge < -0.3 is 15.4 Å². The Balaban J connectivity index is 1.54. The van der Waals surface area contributed by atoms with Gasteiger partial charge in [-0.25, -0.2) is 0 Å². The van der Waals surface area contributed by atoms with Crippen molar-refractivity contribution in [3.8, 4) is 11.3 Å². The highest BCUT2D eigenvalue weighted by Crippen LogP contribution is 2.48. The lowest BCUT2D eigenvalue weighted by Crippen LogP contribution is -2.39. The molecule has 2 N–H and O–H groups in total. The number of ether oxygens (including phenoxy) is 1. The highest BCUT2D eigenvalue weighted by molar-refractivity contribution is 5.67. The summed E-state index contributed by atoms with van der Waals surface area (Å²) in [5.41, 5.74) is 7.75. The summed E-state index contributed by atoms with van der Waals surface area (Å²) in [5, 5.41) is 12.9. The third-order valence-electron chi connectivity index (χ3n) is 8.14. The second-order valence-corrected chi connectivity index (χ2v) is 10.3. The molecule has 4 atom stereocenters. The predicted molar refractivity (Wildman–Crippen MR) is 122 cm³/mol. The fourth-order valence-electron chi connectivity index (χ4n) is 6.44. The summed E-state index contributed by atoms with van der Waals surface area (Å²) >= 11 is 0. The summed E-state index contributed by atoms with van der Waals surface area (Å²) in [6, 6.07) is 1.27. The Morgan fingerprint density at radius 1 is 1.15 bits per heavy atom. The molecule has 5 rings (SSSR count). The SMILES string of the molecule is Cc1nn(C)c(C)c1-c1cc(C(F)(F)F)c(N2C[C@H]3C[C@H](N)C[C@@H]3[C@@H]2CC2CCOCC2)nn1. The maximum Gasteiger partial charge on any atom is 0.420 e. The van der Waals surface area contributed by atoms with Crippen LogP contribution in [0.25, 0.3) is 11.3 Å². The maximum atomic E-state index is 14.4. The van der Waals surface area contributed by atoms with E-state index in [4.69, 9.17) is 10.5 Å². The first kappa shape index (κ1) is 23.5. The quantitative estimate of drug-likeness (QED) is 0.719. The standard InChI is InChI=1S/C24H33F3N6O/c1-13-22(14(2)32(3)31-13)20-11-19(24(25,26)27)23(30-29-20)33-12-16-9-17(28)10-18(16)21(33)8-15-4-6-34-7-5-15/h11,15-18,21H,4-10,12,28H2,1-3H3/t16-,17+,18+,21+/m1/s1. The van der Waals surface area contributed by atoms with Gasteiger partial charge in [-0.2, -0.15) is 18.3 Å². The van der Waals surface area contributed by atoms with Crippen molar-refractivity contribution in [1.29, 1.82) is 0 Å². The molecule has 3 aliphatic rings. The van der Waals surface area contributed by atoms with Crippen molar-refractivity contribution in [1.82, 2.24) is 20.0 Å². The topological polar surface area (TPSA) is 82.1 Å². The smallest absolute Gasteiger partial charge is 0.381 e. The number of aromatic nitrogens is 4. The van der Waals surface area contributed by atoms with Gasteiger partial charge in [0, 0.05) is 50.1 Å². The van der Waals surface area contributed by atoms with Crippen LogP contribution in [0.15, 0.2) is 6.07 Å². The molecule has 0 unspecified atom stereocenters. The summed E-state index contributed by atoms with van der Waals surface area (Å²) in [6.07, 6.45) is -0.0866. The number of nitrogens with zero attached hydrogens (tertiary/aromatic N) is 5. The normalized spacial score (nSPS) is 28.0. The van der Waals surface area contributed by atoms with Crippen LogP contribution in [0.3, 0.4) is 0 Å². The molecule has 1 saturated carbocycles. The second-order valence-electron chi connectivity index (χ2n) is 10.3. The summed E-state index contributed by atoms with van der Waals surface area (Å²) < 4.78 is 50.3. The van der Waals surface area contributed by atoms with Crippen molar-refractivity contribution >= 4 is 5.82 Å². The lowest BCUT2D eigenvalue weighted by molar-refractivity contribution is -0.137. The molecular formula is C24H33F3N6O. The van der Waals surface area contributed by atoms with Gasteiger partial charge in [0.2, 0.25) is 0 Å². The van der Waals surface area contributed by atoms with E-state index >= 15 is 0 Å². The van der Waals surface area contributed by atoms with Crippen molar-refractivity contribution in [3.05, 3.63) is 23.0 Å². The molecule has 7 nitrogen and oxygen atoms in total. The van der Waals surface area contributed by atoms with E-state index in [0.717, 1.165) is 57.1 Å². The zero-order chi connectivity index (χ0) is 24.2. The van der Waals surface area contributed by atoms with Crippen molar-refractivity contribution in [2.24, 2.45) is 30.5 Å². The molecule has 2 aromatic heterocycles. The number of rotatable bonds is 4. The van der Waals surface area contributed by atoms with Gasteiger partial charge in [-0.05, 0) is 69.8 Å². The lowest BCUT2D eigenvalue weighted by Gasteiger charge is -2.34. The molecule has 10 heteroatoms. The van der Waals surface area contributed by atoms with Gasteiger partial charge in [0.25, 0.3) is 0 Å². The van der Waals surface area contributed by atoms with Crippen molar-refractivity contribution in [3.63, 3.8) is 0 Å². The minimum absolute atomic E-state index is 0.00948. The van der Waals surface area contributed by atoms with E-state index in [0.29, 0.717) is 35.6 Å². The highest BCUT2D eigenvalue weighted by Gasteiger charge is 2.49. The number of fused-ring (bicyclic) bond motifs is 1. The molecule has 34 heavy (non-hydrogen) atoms. The summed E-state index contributed by atoms with van der Waals surface area (Å²) in [5.74, 6) is 0.989. The predicted octanol–water partition coefficient (Wildman–Crippen LogP) is 3.87. The van der Waals surface area contributed by atoms with Crippen LogP contribution in [0, 0.1) is 31.6 Å². The summed E-state index contributed by atoms with van der Waals surface area (Å²) in [7, 11) is 1.77. The molecule has 2 aliphatic heterocycles. The van der Waals surface area contributed by atoms with Crippen molar-refractivity contribution in [2.75, 3.05) is 24.7 Å². The van der Waals surface area contributed by atoms with Crippen LogP contribution in [0.4, 0.5) is 19.0 Å². The minimum atomic E-state index is -4.54. The molecule has 0 aromatic carbocycles. The lowest BCUT2D eigenvalue weighted by atomic mass is 9.84. The number of aryl methyl sites for hydroxylation is 2. The molecular weight excluding hydrogens is 445 g/mol. The Morgan fingerprint density at radius 3 is 2.53 bits per heavy atom. The number of anilines is 1. The molecule has 0 amide bonds. The van der Waals surface area contributed by atoms with E-state index in [1.54, 1.807) is 18.7 Å². The van der Waals surface area contributed by atoms with Crippen LogP contribution in [0.5, 0.6) is 0 Å². The second kappa shape index (κ2) is 8.78. The van der Waals surface area contributed by atoms with Crippen molar-refractivity contribution < 1.29 is 17.9 Å². The first-order valence-electron chi connectivity index (χ1n) is 12.2.